The van der Waals surface area contributed by atoms with Gasteiger partial charge >= 0.3 is 11.7 Å². The van der Waals surface area contributed by atoms with E-state index in [0.29, 0.717) is 6.54 Å². The number of aromatic nitrogens is 1. The first-order valence-electron chi connectivity index (χ1n) is 4.28. The summed E-state index contributed by atoms with van der Waals surface area (Å²) in [7, 11) is 0. The molecular weight excluding hydrogens is 214 g/mol. The summed E-state index contributed by atoms with van der Waals surface area (Å²) in [5, 5.41) is 22.0. The van der Waals surface area contributed by atoms with Crippen LogP contribution in [0.5, 0.6) is 0 Å². The van der Waals surface area contributed by atoms with Crippen LogP contribution in [0.1, 0.15) is 10.4 Å². The van der Waals surface area contributed by atoms with Crippen molar-refractivity contribution in [3.05, 3.63) is 40.6 Å². The molecule has 0 radical (unpaired) electrons. The largest absolute Gasteiger partial charge is 0.477 e. The number of hydrogen-bond donors (Lipinski definition) is 2. The molecule has 0 amide bonds. The predicted molar refractivity (Wildman–Crippen MR) is 56.5 cm³/mol. The lowest BCUT2D eigenvalue weighted by molar-refractivity contribution is -0.385. The van der Waals surface area contributed by atoms with E-state index in [-0.39, 0.29) is 5.82 Å². The van der Waals surface area contributed by atoms with E-state index in [1.807, 2.05) is 0 Å². The lowest BCUT2D eigenvalue weighted by Crippen LogP contribution is -2.07. The fraction of sp³-hybridized carbons (Fsp3) is 0.111. The maximum absolute atomic E-state index is 10.8. The van der Waals surface area contributed by atoms with Crippen LogP contribution in [-0.4, -0.2) is 27.5 Å². The molecule has 0 saturated carbocycles. The van der Waals surface area contributed by atoms with Gasteiger partial charge in [-0.15, -0.1) is 6.58 Å². The van der Waals surface area contributed by atoms with Crippen LogP contribution >= 0.6 is 0 Å². The lowest BCUT2D eigenvalue weighted by Gasteiger charge is -2.03. The summed E-state index contributed by atoms with van der Waals surface area (Å²) in [6.45, 7) is 3.86. The Hall–Kier alpha value is -2.44. The average Bonchev–Trinajstić information content (AvgIpc) is 2.25. The van der Waals surface area contributed by atoms with Gasteiger partial charge in [-0.05, 0) is 0 Å². The van der Waals surface area contributed by atoms with Crippen LogP contribution in [0.4, 0.5) is 11.5 Å². The zero-order chi connectivity index (χ0) is 12.1. The van der Waals surface area contributed by atoms with Crippen molar-refractivity contribution in [3.8, 4) is 0 Å². The number of carboxylic acid groups (broad SMARTS) is 1. The number of anilines is 1. The van der Waals surface area contributed by atoms with Gasteiger partial charge in [-0.25, -0.2) is 9.78 Å². The number of rotatable bonds is 5. The van der Waals surface area contributed by atoms with Crippen molar-refractivity contribution < 1.29 is 14.8 Å². The number of carboxylic acids is 1. The smallest absolute Gasteiger partial charge is 0.342 e. The monoisotopic (exact) mass is 223 g/mol. The third-order valence-electron chi connectivity index (χ3n) is 1.74. The molecule has 1 heterocycles. The molecule has 0 aliphatic rings. The first kappa shape index (κ1) is 11.6. The maximum Gasteiger partial charge on any atom is 0.342 e. The van der Waals surface area contributed by atoms with Gasteiger partial charge in [0.2, 0.25) is 0 Å². The summed E-state index contributed by atoms with van der Waals surface area (Å²) in [6.07, 6.45) is 2.47. The van der Waals surface area contributed by atoms with E-state index in [9.17, 15) is 14.9 Å². The summed E-state index contributed by atoms with van der Waals surface area (Å²) in [4.78, 5) is 24.2. The molecule has 0 saturated heterocycles. The normalized spacial score (nSPS) is 9.50. The summed E-state index contributed by atoms with van der Waals surface area (Å²) in [5.74, 6) is -1.11. The number of nitrogens with zero attached hydrogens (tertiary/aromatic N) is 2. The Bertz CT molecular complexity index is 444. The van der Waals surface area contributed by atoms with E-state index < -0.39 is 22.1 Å². The number of nitro groups is 1. The highest BCUT2D eigenvalue weighted by Crippen LogP contribution is 2.19. The number of carbonyl (C=O) groups is 1. The Kier molecular flexibility index (Phi) is 3.54. The van der Waals surface area contributed by atoms with Crippen molar-refractivity contribution in [2.75, 3.05) is 11.9 Å². The Balaban J connectivity index is 3.12. The second-order valence-corrected chi connectivity index (χ2v) is 2.82. The second kappa shape index (κ2) is 4.87. The minimum Gasteiger partial charge on any atom is -0.477 e. The zero-order valence-corrected chi connectivity index (χ0v) is 8.21. The molecule has 7 nitrogen and oxygen atoms in total. The van der Waals surface area contributed by atoms with Gasteiger partial charge in [0, 0.05) is 12.6 Å². The third-order valence-corrected chi connectivity index (χ3v) is 1.74. The van der Waals surface area contributed by atoms with Gasteiger partial charge in [-0.3, -0.25) is 10.1 Å². The SMILES string of the molecule is C=CCNc1cc(C(=O)O)c([N+](=O)[O-])cn1. The first-order chi connectivity index (χ1) is 7.56. The van der Waals surface area contributed by atoms with E-state index in [2.05, 4.69) is 16.9 Å². The Morgan fingerprint density at radius 3 is 2.94 bits per heavy atom. The number of pyridine rings is 1. The molecule has 0 spiro atoms. The van der Waals surface area contributed by atoms with Gasteiger partial charge in [0.05, 0.1) is 4.92 Å². The first-order valence-corrected chi connectivity index (χ1v) is 4.28. The van der Waals surface area contributed by atoms with Crippen molar-refractivity contribution in [1.29, 1.82) is 0 Å². The lowest BCUT2D eigenvalue weighted by atomic mass is 10.2. The highest BCUT2D eigenvalue weighted by Gasteiger charge is 2.20. The van der Waals surface area contributed by atoms with E-state index in [1.54, 1.807) is 6.08 Å². The highest BCUT2D eigenvalue weighted by molar-refractivity contribution is 5.93. The van der Waals surface area contributed by atoms with Crippen molar-refractivity contribution in [2.45, 2.75) is 0 Å². The summed E-state index contributed by atoms with van der Waals surface area (Å²) in [6, 6.07) is 1.12. The fourth-order valence-corrected chi connectivity index (χ4v) is 1.04. The van der Waals surface area contributed by atoms with Crippen molar-refractivity contribution in [1.82, 2.24) is 4.98 Å². The van der Waals surface area contributed by atoms with E-state index in [4.69, 9.17) is 5.11 Å². The molecule has 0 aromatic carbocycles. The van der Waals surface area contributed by atoms with Gasteiger partial charge in [0.15, 0.2) is 0 Å². The Morgan fingerprint density at radius 2 is 2.44 bits per heavy atom. The van der Waals surface area contributed by atoms with Crippen LogP contribution < -0.4 is 5.32 Å². The third kappa shape index (κ3) is 2.53. The molecule has 0 bridgehead atoms. The molecule has 0 unspecified atom stereocenters. The minimum absolute atomic E-state index is 0.253. The molecule has 7 heteroatoms. The van der Waals surface area contributed by atoms with E-state index >= 15 is 0 Å². The number of hydrogen-bond acceptors (Lipinski definition) is 5. The molecule has 16 heavy (non-hydrogen) atoms. The van der Waals surface area contributed by atoms with Crippen LogP contribution in [-0.2, 0) is 0 Å². The molecule has 2 N–H and O–H groups in total. The average molecular weight is 223 g/mol. The standard InChI is InChI=1S/C9H9N3O4/c1-2-3-10-8-4-6(9(13)14)7(5-11-8)12(15)16/h2,4-5H,1,3H2,(H,10,11)(H,13,14). The quantitative estimate of drug-likeness (QED) is 0.442. The van der Waals surface area contributed by atoms with Crippen LogP contribution in [0, 0.1) is 10.1 Å². The molecular formula is C9H9N3O4. The topological polar surface area (TPSA) is 105 Å². The number of nitrogens with one attached hydrogen (secondary N) is 1. The maximum atomic E-state index is 10.8. The molecule has 0 aliphatic carbocycles. The van der Waals surface area contributed by atoms with E-state index in [0.717, 1.165) is 12.3 Å². The van der Waals surface area contributed by atoms with Gasteiger partial charge in [0.25, 0.3) is 0 Å². The molecule has 1 aromatic heterocycles. The van der Waals surface area contributed by atoms with Crippen LogP contribution in [0.25, 0.3) is 0 Å². The molecule has 0 atom stereocenters. The molecule has 1 rings (SSSR count). The molecule has 84 valence electrons. The summed E-state index contributed by atoms with van der Waals surface area (Å²) >= 11 is 0. The Morgan fingerprint density at radius 1 is 1.75 bits per heavy atom. The summed E-state index contributed by atoms with van der Waals surface area (Å²) in [5.41, 5.74) is -0.928. The fourth-order valence-electron chi connectivity index (χ4n) is 1.04. The Labute approximate surface area is 90.6 Å². The van der Waals surface area contributed by atoms with Gasteiger partial charge in [-0.1, -0.05) is 6.08 Å². The van der Waals surface area contributed by atoms with Crippen molar-refractivity contribution >= 4 is 17.5 Å². The van der Waals surface area contributed by atoms with E-state index in [1.165, 1.54) is 0 Å². The van der Waals surface area contributed by atoms with Crippen LogP contribution in [0.2, 0.25) is 0 Å². The zero-order valence-electron chi connectivity index (χ0n) is 8.21. The summed E-state index contributed by atoms with van der Waals surface area (Å²) < 4.78 is 0. The van der Waals surface area contributed by atoms with Gasteiger partial charge in [-0.2, -0.15) is 0 Å². The van der Waals surface area contributed by atoms with Crippen LogP contribution in [0.3, 0.4) is 0 Å². The molecule has 1 aromatic rings. The number of aromatic carboxylic acids is 1. The van der Waals surface area contributed by atoms with Crippen molar-refractivity contribution in [3.63, 3.8) is 0 Å². The van der Waals surface area contributed by atoms with Gasteiger partial charge in [0.1, 0.15) is 17.6 Å². The second-order valence-electron chi connectivity index (χ2n) is 2.82. The molecule has 0 fully saturated rings. The predicted octanol–water partition coefficient (Wildman–Crippen LogP) is 1.29. The minimum atomic E-state index is -1.37. The van der Waals surface area contributed by atoms with Gasteiger partial charge < -0.3 is 10.4 Å². The van der Waals surface area contributed by atoms with Crippen LogP contribution in [0.15, 0.2) is 24.9 Å². The van der Waals surface area contributed by atoms with Crippen molar-refractivity contribution in [2.24, 2.45) is 0 Å². The molecule has 0 aliphatic heterocycles. The highest BCUT2D eigenvalue weighted by atomic mass is 16.6.